The zero-order valence-corrected chi connectivity index (χ0v) is 10.5. The van der Waals surface area contributed by atoms with Crippen molar-refractivity contribution >= 4 is 11.7 Å². The average molecular weight is 251 g/mol. The quantitative estimate of drug-likeness (QED) is 0.814. The van der Waals surface area contributed by atoms with Crippen LogP contribution in [0.4, 0.5) is 10.2 Å². The summed E-state index contributed by atoms with van der Waals surface area (Å²) in [4.78, 5) is 15.7. The van der Waals surface area contributed by atoms with Crippen LogP contribution in [0.5, 0.6) is 0 Å². The van der Waals surface area contributed by atoms with Crippen molar-refractivity contribution in [2.45, 2.75) is 26.2 Å². The Labute approximate surface area is 106 Å². The number of nitrogens with one attached hydrogen (secondary N) is 2. The lowest BCUT2D eigenvalue weighted by Crippen LogP contribution is -2.26. The van der Waals surface area contributed by atoms with E-state index in [1.165, 1.54) is 12.3 Å². The predicted molar refractivity (Wildman–Crippen MR) is 68.0 cm³/mol. The van der Waals surface area contributed by atoms with Gasteiger partial charge >= 0.3 is 0 Å². The standard InChI is InChI=1S/C13H18FN3O/c1-2-6-15-12-11(14)10(5-7-16-12)13(18)17-8-9-3-4-9/h5,7,9H,2-4,6,8H2,1H3,(H,15,16)(H,17,18). The third-order valence-corrected chi connectivity index (χ3v) is 2.92. The highest BCUT2D eigenvalue weighted by Gasteiger charge is 2.23. The maximum atomic E-state index is 14.0. The molecule has 18 heavy (non-hydrogen) atoms. The van der Waals surface area contributed by atoms with E-state index in [1.54, 1.807) is 0 Å². The summed E-state index contributed by atoms with van der Waals surface area (Å²) in [6, 6.07) is 1.41. The fourth-order valence-corrected chi connectivity index (χ4v) is 1.64. The fourth-order valence-electron chi connectivity index (χ4n) is 1.64. The summed E-state index contributed by atoms with van der Waals surface area (Å²) in [6.07, 6.45) is 4.64. The largest absolute Gasteiger partial charge is 0.368 e. The number of hydrogen-bond acceptors (Lipinski definition) is 3. The highest BCUT2D eigenvalue weighted by atomic mass is 19.1. The first-order valence-corrected chi connectivity index (χ1v) is 6.39. The molecule has 1 aliphatic carbocycles. The second-order valence-electron chi connectivity index (χ2n) is 4.60. The molecule has 1 aromatic heterocycles. The van der Waals surface area contributed by atoms with Gasteiger partial charge in [0.2, 0.25) is 0 Å². The number of hydrogen-bond donors (Lipinski definition) is 2. The Hall–Kier alpha value is -1.65. The van der Waals surface area contributed by atoms with Gasteiger partial charge in [0.1, 0.15) is 0 Å². The Morgan fingerprint density at radius 1 is 1.56 bits per heavy atom. The van der Waals surface area contributed by atoms with E-state index in [2.05, 4.69) is 15.6 Å². The lowest BCUT2D eigenvalue weighted by atomic mass is 10.2. The molecule has 2 N–H and O–H groups in total. The highest BCUT2D eigenvalue weighted by molar-refractivity contribution is 5.95. The first-order valence-electron chi connectivity index (χ1n) is 6.39. The number of pyridine rings is 1. The molecule has 5 heteroatoms. The first-order chi connectivity index (χ1) is 8.72. The molecular formula is C13H18FN3O. The summed E-state index contributed by atoms with van der Waals surface area (Å²) in [5, 5.41) is 5.62. The third-order valence-electron chi connectivity index (χ3n) is 2.92. The van der Waals surface area contributed by atoms with Crippen LogP contribution in [-0.2, 0) is 0 Å². The number of rotatable bonds is 6. The van der Waals surface area contributed by atoms with Crippen LogP contribution in [-0.4, -0.2) is 24.0 Å². The van der Waals surface area contributed by atoms with Crippen LogP contribution in [0.1, 0.15) is 36.5 Å². The van der Waals surface area contributed by atoms with E-state index < -0.39 is 5.82 Å². The van der Waals surface area contributed by atoms with Crippen molar-refractivity contribution in [3.05, 3.63) is 23.6 Å². The summed E-state index contributed by atoms with van der Waals surface area (Å²) >= 11 is 0. The maximum Gasteiger partial charge on any atom is 0.254 e. The van der Waals surface area contributed by atoms with Gasteiger partial charge in [0.15, 0.2) is 11.6 Å². The van der Waals surface area contributed by atoms with Gasteiger partial charge in [0, 0.05) is 19.3 Å². The molecule has 98 valence electrons. The van der Waals surface area contributed by atoms with Crippen molar-refractivity contribution in [1.82, 2.24) is 10.3 Å². The summed E-state index contributed by atoms with van der Waals surface area (Å²) in [5.74, 6) is -0.201. The van der Waals surface area contributed by atoms with Crippen molar-refractivity contribution in [2.75, 3.05) is 18.4 Å². The monoisotopic (exact) mass is 251 g/mol. The lowest BCUT2D eigenvalue weighted by molar-refractivity contribution is 0.0947. The summed E-state index contributed by atoms with van der Waals surface area (Å²) in [5.41, 5.74) is 0.0595. The molecule has 1 fully saturated rings. The Balaban J connectivity index is 2.03. The molecule has 0 aromatic carbocycles. The van der Waals surface area contributed by atoms with E-state index in [9.17, 15) is 9.18 Å². The molecule has 0 aliphatic heterocycles. The Bertz CT molecular complexity index is 432. The minimum Gasteiger partial charge on any atom is -0.368 e. The highest BCUT2D eigenvalue weighted by Crippen LogP contribution is 2.27. The van der Waals surface area contributed by atoms with E-state index in [4.69, 9.17) is 0 Å². The van der Waals surface area contributed by atoms with Gasteiger partial charge < -0.3 is 10.6 Å². The van der Waals surface area contributed by atoms with E-state index in [0.717, 1.165) is 19.3 Å². The van der Waals surface area contributed by atoms with Gasteiger partial charge in [0.25, 0.3) is 5.91 Å². The summed E-state index contributed by atoms with van der Waals surface area (Å²) in [7, 11) is 0. The molecule has 0 unspecified atom stereocenters. The predicted octanol–water partition coefficient (Wildman–Crippen LogP) is 2.18. The van der Waals surface area contributed by atoms with E-state index in [0.29, 0.717) is 19.0 Å². The number of aromatic nitrogens is 1. The Morgan fingerprint density at radius 3 is 3.00 bits per heavy atom. The van der Waals surface area contributed by atoms with E-state index in [-0.39, 0.29) is 17.3 Å². The number of carbonyl (C=O) groups excluding carboxylic acids is 1. The van der Waals surface area contributed by atoms with Crippen molar-refractivity contribution in [1.29, 1.82) is 0 Å². The molecule has 1 saturated carbocycles. The number of nitrogens with zero attached hydrogens (tertiary/aromatic N) is 1. The number of amides is 1. The number of carbonyl (C=O) groups is 1. The lowest BCUT2D eigenvalue weighted by Gasteiger charge is -2.09. The SMILES string of the molecule is CCCNc1nccc(C(=O)NCC2CC2)c1F. The van der Waals surface area contributed by atoms with Gasteiger partial charge in [-0.2, -0.15) is 0 Å². The normalized spacial score (nSPS) is 14.3. The van der Waals surface area contributed by atoms with Gasteiger partial charge in [-0.15, -0.1) is 0 Å². The maximum absolute atomic E-state index is 14.0. The van der Waals surface area contributed by atoms with Crippen molar-refractivity contribution in [3.8, 4) is 0 Å². The van der Waals surface area contributed by atoms with Crippen LogP contribution in [0.2, 0.25) is 0 Å². The second-order valence-corrected chi connectivity index (χ2v) is 4.60. The molecule has 0 radical (unpaired) electrons. The molecule has 0 atom stereocenters. The zero-order valence-electron chi connectivity index (χ0n) is 10.5. The molecular weight excluding hydrogens is 233 g/mol. The first kappa shape index (κ1) is 12.8. The Morgan fingerprint density at radius 2 is 2.33 bits per heavy atom. The van der Waals surface area contributed by atoms with Crippen molar-refractivity contribution in [3.63, 3.8) is 0 Å². The number of anilines is 1. The van der Waals surface area contributed by atoms with Crippen LogP contribution in [0.15, 0.2) is 12.3 Å². The molecule has 0 bridgehead atoms. The second kappa shape index (κ2) is 5.80. The molecule has 1 aromatic rings. The molecule has 0 saturated heterocycles. The minimum atomic E-state index is -0.570. The van der Waals surface area contributed by atoms with Crippen molar-refractivity contribution in [2.24, 2.45) is 5.92 Å². The smallest absolute Gasteiger partial charge is 0.254 e. The van der Waals surface area contributed by atoms with Crippen LogP contribution in [0.25, 0.3) is 0 Å². The fraction of sp³-hybridized carbons (Fsp3) is 0.538. The van der Waals surface area contributed by atoms with E-state index in [1.807, 2.05) is 6.92 Å². The van der Waals surface area contributed by atoms with Crippen LogP contribution < -0.4 is 10.6 Å². The van der Waals surface area contributed by atoms with Gasteiger partial charge in [-0.1, -0.05) is 6.92 Å². The van der Waals surface area contributed by atoms with Crippen molar-refractivity contribution < 1.29 is 9.18 Å². The molecule has 4 nitrogen and oxygen atoms in total. The van der Waals surface area contributed by atoms with Crippen LogP contribution in [0.3, 0.4) is 0 Å². The van der Waals surface area contributed by atoms with Crippen LogP contribution >= 0.6 is 0 Å². The molecule has 0 spiro atoms. The summed E-state index contributed by atoms with van der Waals surface area (Å²) < 4.78 is 14.0. The van der Waals surface area contributed by atoms with Gasteiger partial charge in [-0.25, -0.2) is 9.37 Å². The van der Waals surface area contributed by atoms with Gasteiger partial charge in [0.05, 0.1) is 5.56 Å². The Kier molecular flexibility index (Phi) is 4.12. The number of halogens is 1. The molecule has 1 heterocycles. The van der Waals surface area contributed by atoms with E-state index >= 15 is 0 Å². The topological polar surface area (TPSA) is 54.0 Å². The minimum absolute atomic E-state index is 0.0595. The van der Waals surface area contributed by atoms with Gasteiger partial charge in [-0.3, -0.25) is 4.79 Å². The van der Waals surface area contributed by atoms with Gasteiger partial charge in [-0.05, 0) is 31.2 Å². The third kappa shape index (κ3) is 3.18. The zero-order chi connectivity index (χ0) is 13.0. The molecule has 1 aliphatic rings. The average Bonchev–Trinajstić information content (AvgIpc) is 3.19. The molecule has 2 rings (SSSR count). The summed E-state index contributed by atoms with van der Waals surface area (Å²) in [6.45, 7) is 3.26. The van der Waals surface area contributed by atoms with Crippen LogP contribution in [0, 0.1) is 11.7 Å². The molecule has 1 amide bonds.